The Morgan fingerprint density at radius 1 is 0.967 bits per heavy atom. The molecule has 0 aliphatic carbocycles. The van der Waals surface area contributed by atoms with Gasteiger partial charge in [0.25, 0.3) is 0 Å². The summed E-state index contributed by atoms with van der Waals surface area (Å²) >= 11 is 0. The van der Waals surface area contributed by atoms with Crippen LogP contribution in [0, 0.1) is 0 Å². The molecule has 2 aromatic carbocycles. The van der Waals surface area contributed by atoms with E-state index < -0.39 is 12.3 Å². The highest BCUT2D eigenvalue weighted by atomic mass is 16.7. The fourth-order valence-electron chi connectivity index (χ4n) is 3.86. The molecule has 6 heteroatoms. The molecule has 4 aromatic rings. The molecule has 0 spiro atoms. The number of nitrogens with zero attached hydrogens (tertiary/aromatic N) is 2. The van der Waals surface area contributed by atoms with Crippen molar-refractivity contribution in [3.05, 3.63) is 77.6 Å². The molecule has 0 aliphatic rings. The molecule has 2 heterocycles. The van der Waals surface area contributed by atoms with Crippen molar-refractivity contribution in [1.29, 1.82) is 0 Å². The molecule has 6 nitrogen and oxygen atoms in total. The summed E-state index contributed by atoms with van der Waals surface area (Å²) in [7, 11) is 4.55. The van der Waals surface area contributed by atoms with Crippen LogP contribution >= 0.6 is 0 Å². The Labute approximate surface area is 175 Å². The van der Waals surface area contributed by atoms with Crippen molar-refractivity contribution in [2.24, 2.45) is 0 Å². The van der Waals surface area contributed by atoms with Gasteiger partial charge in [0.15, 0.2) is 6.29 Å². The van der Waals surface area contributed by atoms with Gasteiger partial charge in [0.1, 0.15) is 5.69 Å². The third kappa shape index (κ3) is 3.67. The number of benzene rings is 2. The zero-order chi connectivity index (χ0) is 21.1. The van der Waals surface area contributed by atoms with Crippen LogP contribution in [0.2, 0.25) is 0 Å². The molecule has 30 heavy (non-hydrogen) atoms. The molecule has 4 rings (SSSR count). The number of pyridine rings is 1. The minimum atomic E-state index is -0.475. The molecule has 0 N–H and O–H groups in total. The first kappa shape index (κ1) is 20.1. The second kappa shape index (κ2) is 8.65. The standard InChI is InChI=1S/C24H24N2O4/c1-28-22(29-2)14-19-23-18(13-20(25-19)24(27)30-3)17-11-7-8-12-21(17)26(23)15-16-9-5-4-6-10-16/h4-13,22H,14-15H2,1-3H3. The Morgan fingerprint density at radius 2 is 1.67 bits per heavy atom. The highest BCUT2D eigenvalue weighted by Gasteiger charge is 2.21. The molecule has 154 valence electrons. The van der Waals surface area contributed by atoms with E-state index in [1.165, 1.54) is 12.7 Å². The normalized spacial score (nSPS) is 11.5. The van der Waals surface area contributed by atoms with E-state index in [9.17, 15) is 4.79 Å². The van der Waals surface area contributed by atoms with Gasteiger partial charge in [0, 0.05) is 43.5 Å². The van der Waals surface area contributed by atoms with Crippen LogP contribution in [0.4, 0.5) is 0 Å². The van der Waals surface area contributed by atoms with Gasteiger partial charge in [-0.15, -0.1) is 0 Å². The molecule has 0 aliphatic heterocycles. The summed E-state index contributed by atoms with van der Waals surface area (Å²) in [6.07, 6.45) is -0.0730. The summed E-state index contributed by atoms with van der Waals surface area (Å²) in [5, 5.41) is 2.02. The SMILES string of the molecule is COC(=O)c1cc2c3ccccc3n(Cc3ccccc3)c2c(CC(OC)OC)n1. The highest BCUT2D eigenvalue weighted by molar-refractivity contribution is 6.10. The number of carbonyl (C=O) groups excluding carboxylic acids is 1. The summed E-state index contributed by atoms with van der Waals surface area (Å²) < 4.78 is 18.0. The maximum Gasteiger partial charge on any atom is 0.356 e. The maximum absolute atomic E-state index is 12.3. The number of methoxy groups -OCH3 is 3. The molecule has 0 saturated heterocycles. The van der Waals surface area contributed by atoms with Gasteiger partial charge >= 0.3 is 5.97 Å². The van der Waals surface area contributed by atoms with Crippen LogP contribution in [0.25, 0.3) is 21.8 Å². The Morgan fingerprint density at radius 3 is 2.37 bits per heavy atom. The summed E-state index contributed by atoms with van der Waals surface area (Å²) in [5.41, 5.74) is 4.22. The fraction of sp³-hybridized carbons (Fsp3) is 0.250. The van der Waals surface area contributed by atoms with Crippen LogP contribution in [0.15, 0.2) is 60.7 Å². The molecule has 0 fully saturated rings. The first-order chi connectivity index (χ1) is 14.7. The maximum atomic E-state index is 12.3. The Balaban J connectivity index is 2.01. The van der Waals surface area contributed by atoms with Crippen LogP contribution in [0.5, 0.6) is 0 Å². The molecule has 0 amide bonds. The second-order valence-corrected chi connectivity index (χ2v) is 7.04. The summed E-state index contributed by atoms with van der Waals surface area (Å²) in [5.74, 6) is -0.468. The monoisotopic (exact) mass is 404 g/mol. The van der Waals surface area contributed by atoms with Gasteiger partial charge in [-0.25, -0.2) is 9.78 Å². The molecular weight excluding hydrogens is 380 g/mol. The molecule has 0 saturated carbocycles. The van der Waals surface area contributed by atoms with Gasteiger partial charge in [-0.1, -0.05) is 48.5 Å². The predicted octanol–water partition coefficient (Wildman–Crippen LogP) is 4.19. The van der Waals surface area contributed by atoms with E-state index in [1.54, 1.807) is 14.2 Å². The number of carbonyl (C=O) groups is 1. The molecule has 0 unspecified atom stereocenters. The number of esters is 1. The van der Waals surface area contributed by atoms with Crippen molar-refractivity contribution in [2.45, 2.75) is 19.3 Å². The van der Waals surface area contributed by atoms with Crippen molar-refractivity contribution in [2.75, 3.05) is 21.3 Å². The third-order valence-electron chi connectivity index (χ3n) is 5.28. The van der Waals surface area contributed by atoms with E-state index in [-0.39, 0.29) is 5.69 Å². The fourth-order valence-corrected chi connectivity index (χ4v) is 3.86. The zero-order valence-corrected chi connectivity index (χ0v) is 17.3. The van der Waals surface area contributed by atoms with Crippen LogP contribution in [0.3, 0.4) is 0 Å². The average Bonchev–Trinajstić information content (AvgIpc) is 3.11. The first-order valence-electron chi connectivity index (χ1n) is 9.75. The number of ether oxygens (including phenoxy) is 3. The minimum absolute atomic E-state index is 0.272. The van der Waals surface area contributed by atoms with E-state index in [4.69, 9.17) is 14.2 Å². The van der Waals surface area contributed by atoms with E-state index in [0.29, 0.717) is 13.0 Å². The lowest BCUT2D eigenvalue weighted by Gasteiger charge is -2.16. The van der Waals surface area contributed by atoms with Crippen molar-refractivity contribution in [1.82, 2.24) is 9.55 Å². The van der Waals surface area contributed by atoms with E-state index in [2.05, 4.69) is 33.8 Å². The Hall–Kier alpha value is -3.22. The largest absolute Gasteiger partial charge is 0.464 e. The second-order valence-electron chi connectivity index (χ2n) is 7.04. The third-order valence-corrected chi connectivity index (χ3v) is 5.28. The Bertz CT molecular complexity index is 1180. The van der Waals surface area contributed by atoms with Gasteiger partial charge in [-0.3, -0.25) is 0 Å². The molecule has 0 atom stereocenters. The topological polar surface area (TPSA) is 62.6 Å². The van der Waals surface area contributed by atoms with Gasteiger partial charge in [0.2, 0.25) is 0 Å². The van der Waals surface area contributed by atoms with Gasteiger partial charge < -0.3 is 18.8 Å². The lowest BCUT2D eigenvalue weighted by atomic mass is 10.1. The van der Waals surface area contributed by atoms with Crippen molar-refractivity contribution < 1.29 is 19.0 Å². The number of para-hydroxylation sites is 1. The quantitative estimate of drug-likeness (QED) is 0.341. The zero-order valence-electron chi connectivity index (χ0n) is 17.3. The lowest BCUT2D eigenvalue weighted by molar-refractivity contribution is -0.101. The molecule has 0 bridgehead atoms. The average molecular weight is 404 g/mol. The number of hydrogen-bond donors (Lipinski definition) is 0. The highest BCUT2D eigenvalue weighted by Crippen LogP contribution is 2.33. The minimum Gasteiger partial charge on any atom is -0.464 e. The molecule has 2 aromatic heterocycles. The van der Waals surface area contributed by atoms with Gasteiger partial charge in [0.05, 0.1) is 18.3 Å². The number of aromatic nitrogens is 2. The van der Waals surface area contributed by atoms with E-state index in [1.807, 2.05) is 36.4 Å². The van der Waals surface area contributed by atoms with Crippen molar-refractivity contribution in [3.63, 3.8) is 0 Å². The Kier molecular flexibility index (Phi) is 5.79. The summed E-state index contributed by atoms with van der Waals surface area (Å²) in [6.45, 7) is 0.682. The van der Waals surface area contributed by atoms with E-state index in [0.717, 1.165) is 27.5 Å². The smallest absolute Gasteiger partial charge is 0.356 e. The lowest BCUT2D eigenvalue weighted by Crippen LogP contribution is -2.19. The molecule has 0 radical (unpaired) electrons. The summed E-state index contributed by atoms with van der Waals surface area (Å²) in [4.78, 5) is 17.0. The first-order valence-corrected chi connectivity index (χ1v) is 9.75. The van der Waals surface area contributed by atoms with Crippen molar-refractivity contribution >= 4 is 27.8 Å². The predicted molar refractivity (Wildman–Crippen MR) is 116 cm³/mol. The van der Waals surface area contributed by atoms with Crippen LogP contribution in [-0.4, -0.2) is 43.1 Å². The van der Waals surface area contributed by atoms with Gasteiger partial charge in [-0.05, 0) is 17.7 Å². The van der Waals surface area contributed by atoms with Crippen molar-refractivity contribution in [3.8, 4) is 0 Å². The van der Waals surface area contributed by atoms with Crippen LogP contribution in [-0.2, 0) is 27.2 Å². The number of rotatable bonds is 7. The van der Waals surface area contributed by atoms with Crippen LogP contribution in [0.1, 0.15) is 21.7 Å². The molecular formula is C24H24N2O4. The van der Waals surface area contributed by atoms with E-state index >= 15 is 0 Å². The number of hydrogen-bond acceptors (Lipinski definition) is 5. The van der Waals surface area contributed by atoms with Gasteiger partial charge in [-0.2, -0.15) is 0 Å². The van der Waals surface area contributed by atoms with Crippen LogP contribution < -0.4 is 0 Å². The number of fused-ring (bicyclic) bond motifs is 3. The summed E-state index contributed by atoms with van der Waals surface area (Å²) in [6, 6.07) is 20.2.